The highest BCUT2D eigenvalue weighted by Crippen LogP contribution is 2.70. The summed E-state index contributed by atoms with van der Waals surface area (Å²) < 4.78 is 12.8. The number of ether oxygens (including phenoxy) is 2. The van der Waals surface area contributed by atoms with Crippen molar-refractivity contribution in [2.45, 2.75) is 104 Å². The highest BCUT2D eigenvalue weighted by atomic mass is 16.5. The van der Waals surface area contributed by atoms with E-state index in [1.807, 2.05) is 30.3 Å². The number of rotatable bonds is 4. The highest BCUT2D eigenvalue weighted by molar-refractivity contribution is 5.89. The standard InChI is InChI=1S/C33H46O3/c1-5-6-12-28-21(2)30-29(36-28)20-27-25-14-13-23-19-24(35-31(34)22-10-8-7-9-11-22)15-17-32(23,3)26(25)16-18-33(27,30)4/h5-11,21,23-30H,12-20H2,1-4H3/b6-5-. The Morgan fingerprint density at radius 3 is 2.58 bits per heavy atom. The number of esters is 1. The Morgan fingerprint density at radius 1 is 1.03 bits per heavy atom. The van der Waals surface area contributed by atoms with Gasteiger partial charge in [-0.25, -0.2) is 4.79 Å². The van der Waals surface area contributed by atoms with Crippen LogP contribution in [0.3, 0.4) is 0 Å². The molecule has 3 nitrogen and oxygen atoms in total. The van der Waals surface area contributed by atoms with Crippen molar-refractivity contribution in [3.8, 4) is 0 Å². The zero-order valence-corrected chi connectivity index (χ0v) is 22.8. The molecule has 5 aliphatic rings. The van der Waals surface area contributed by atoms with Crippen LogP contribution in [0.4, 0.5) is 0 Å². The van der Waals surface area contributed by atoms with Gasteiger partial charge in [0.2, 0.25) is 0 Å². The minimum absolute atomic E-state index is 0.0791. The Bertz CT molecular complexity index is 986. The van der Waals surface area contributed by atoms with Gasteiger partial charge in [0.25, 0.3) is 0 Å². The first kappa shape index (κ1) is 24.7. The van der Waals surface area contributed by atoms with Crippen LogP contribution in [0.2, 0.25) is 0 Å². The Labute approximate surface area is 218 Å². The van der Waals surface area contributed by atoms with Gasteiger partial charge >= 0.3 is 5.97 Å². The van der Waals surface area contributed by atoms with Gasteiger partial charge in [-0.05, 0) is 123 Å². The second kappa shape index (κ2) is 9.29. The van der Waals surface area contributed by atoms with Gasteiger partial charge in [-0.15, -0.1) is 0 Å². The van der Waals surface area contributed by atoms with E-state index in [0.29, 0.717) is 40.4 Å². The van der Waals surface area contributed by atoms with Gasteiger partial charge in [0.1, 0.15) is 6.10 Å². The van der Waals surface area contributed by atoms with E-state index in [1.165, 1.54) is 38.5 Å². The van der Waals surface area contributed by atoms with Crippen LogP contribution in [0.5, 0.6) is 0 Å². The first-order chi connectivity index (χ1) is 17.3. The summed E-state index contributed by atoms with van der Waals surface area (Å²) in [6.45, 7) is 9.85. The summed E-state index contributed by atoms with van der Waals surface area (Å²) in [6.07, 6.45) is 16.5. The molecule has 5 fully saturated rings. The molecule has 1 aliphatic heterocycles. The summed E-state index contributed by atoms with van der Waals surface area (Å²) in [5, 5.41) is 0. The summed E-state index contributed by atoms with van der Waals surface area (Å²) in [5.41, 5.74) is 1.53. The summed E-state index contributed by atoms with van der Waals surface area (Å²) in [6, 6.07) is 9.51. The van der Waals surface area contributed by atoms with E-state index in [1.54, 1.807) is 0 Å². The lowest BCUT2D eigenvalue weighted by atomic mass is 9.44. The summed E-state index contributed by atoms with van der Waals surface area (Å²) in [7, 11) is 0. The van der Waals surface area contributed by atoms with E-state index in [4.69, 9.17) is 9.47 Å². The molecule has 4 aliphatic carbocycles. The number of benzene rings is 1. The number of carbonyl (C=O) groups excluding carboxylic acids is 1. The maximum absolute atomic E-state index is 12.7. The Hall–Kier alpha value is -1.61. The van der Waals surface area contributed by atoms with Crippen LogP contribution in [-0.4, -0.2) is 24.3 Å². The van der Waals surface area contributed by atoms with E-state index in [2.05, 4.69) is 39.8 Å². The van der Waals surface area contributed by atoms with Crippen molar-refractivity contribution in [2.75, 3.05) is 0 Å². The Morgan fingerprint density at radius 2 is 1.81 bits per heavy atom. The van der Waals surface area contributed by atoms with Crippen molar-refractivity contribution < 1.29 is 14.3 Å². The third kappa shape index (κ3) is 3.82. The predicted octanol–water partition coefficient (Wildman–Crippen LogP) is 7.85. The molecule has 11 unspecified atom stereocenters. The monoisotopic (exact) mass is 490 g/mol. The molecule has 1 aromatic carbocycles. The van der Waals surface area contributed by atoms with Crippen LogP contribution in [0.1, 0.15) is 95.8 Å². The fourth-order valence-electron chi connectivity index (χ4n) is 10.3. The third-order valence-electron chi connectivity index (χ3n) is 12.1. The molecule has 36 heavy (non-hydrogen) atoms. The maximum atomic E-state index is 12.7. The lowest BCUT2D eigenvalue weighted by Gasteiger charge is -2.61. The van der Waals surface area contributed by atoms with Gasteiger partial charge < -0.3 is 9.47 Å². The zero-order chi connectivity index (χ0) is 25.1. The summed E-state index contributed by atoms with van der Waals surface area (Å²) >= 11 is 0. The Kier molecular flexibility index (Phi) is 6.38. The van der Waals surface area contributed by atoms with E-state index in [9.17, 15) is 4.79 Å². The molecule has 0 amide bonds. The highest BCUT2D eigenvalue weighted by Gasteiger charge is 2.65. The molecule has 11 atom stereocenters. The molecule has 0 aromatic heterocycles. The second-order valence-corrected chi connectivity index (χ2v) is 13.5. The van der Waals surface area contributed by atoms with Crippen molar-refractivity contribution in [3.63, 3.8) is 0 Å². The van der Waals surface area contributed by atoms with E-state index < -0.39 is 0 Å². The molecule has 1 heterocycles. The quantitative estimate of drug-likeness (QED) is 0.318. The van der Waals surface area contributed by atoms with Crippen molar-refractivity contribution in [1.82, 2.24) is 0 Å². The van der Waals surface area contributed by atoms with Gasteiger partial charge in [0.15, 0.2) is 0 Å². The molecule has 0 N–H and O–H groups in total. The second-order valence-electron chi connectivity index (χ2n) is 13.5. The molecule has 0 radical (unpaired) electrons. The molecule has 1 saturated heterocycles. The molecular formula is C33H46O3. The van der Waals surface area contributed by atoms with Crippen LogP contribution >= 0.6 is 0 Å². The maximum Gasteiger partial charge on any atom is 0.338 e. The molecule has 0 spiro atoms. The van der Waals surface area contributed by atoms with Gasteiger partial charge in [0.05, 0.1) is 17.8 Å². The summed E-state index contributed by atoms with van der Waals surface area (Å²) in [4.78, 5) is 12.7. The third-order valence-corrected chi connectivity index (χ3v) is 12.1. The number of allylic oxidation sites excluding steroid dienone is 1. The number of hydrogen-bond donors (Lipinski definition) is 0. The number of fused-ring (bicyclic) bond motifs is 7. The van der Waals surface area contributed by atoms with Gasteiger partial charge in [-0.1, -0.05) is 51.1 Å². The van der Waals surface area contributed by atoms with Crippen molar-refractivity contribution in [2.24, 2.45) is 46.3 Å². The van der Waals surface area contributed by atoms with Crippen LogP contribution in [0, 0.1) is 46.3 Å². The topological polar surface area (TPSA) is 35.5 Å². The van der Waals surface area contributed by atoms with Gasteiger partial charge in [0, 0.05) is 0 Å². The minimum atomic E-state index is -0.148. The van der Waals surface area contributed by atoms with Crippen molar-refractivity contribution in [3.05, 3.63) is 48.0 Å². The van der Waals surface area contributed by atoms with Gasteiger partial charge in [-0.3, -0.25) is 0 Å². The molecule has 0 bridgehead atoms. The molecule has 4 saturated carbocycles. The SMILES string of the molecule is C/C=C\CC1OC2CC3C4CCC5CC(OC(=O)c6ccccc6)CCC5(C)C4CCC3(C)C2C1C. The van der Waals surface area contributed by atoms with Crippen LogP contribution < -0.4 is 0 Å². The number of hydrogen-bond acceptors (Lipinski definition) is 3. The van der Waals surface area contributed by atoms with Crippen molar-refractivity contribution in [1.29, 1.82) is 0 Å². The van der Waals surface area contributed by atoms with E-state index in [0.717, 1.165) is 42.9 Å². The predicted molar refractivity (Wildman–Crippen MR) is 144 cm³/mol. The van der Waals surface area contributed by atoms with Crippen LogP contribution in [0.25, 0.3) is 0 Å². The van der Waals surface area contributed by atoms with Crippen molar-refractivity contribution >= 4 is 5.97 Å². The summed E-state index contributed by atoms with van der Waals surface area (Å²) in [5.74, 6) is 4.44. The average molecular weight is 491 g/mol. The molecule has 196 valence electrons. The minimum Gasteiger partial charge on any atom is -0.459 e. The first-order valence-corrected chi connectivity index (χ1v) is 14.9. The normalized spacial score (nSPS) is 47.6. The fourth-order valence-corrected chi connectivity index (χ4v) is 10.3. The molecule has 6 rings (SSSR count). The molecule has 3 heteroatoms. The van der Waals surface area contributed by atoms with E-state index >= 15 is 0 Å². The largest absolute Gasteiger partial charge is 0.459 e. The van der Waals surface area contributed by atoms with Gasteiger partial charge in [-0.2, -0.15) is 0 Å². The lowest BCUT2D eigenvalue weighted by molar-refractivity contribution is -0.131. The van der Waals surface area contributed by atoms with Crippen LogP contribution in [-0.2, 0) is 9.47 Å². The zero-order valence-electron chi connectivity index (χ0n) is 22.8. The average Bonchev–Trinajstić information content (AvgIpc) is 3.36. The molecular weight excluding hydrogens is 444 g/mol. The first-order valence-electron chi connectivity index (χ1n) is 14.9. The Balaban J connectivity index is 1.14. The van der Waals surface area contributed by atoms with E-state index in [-0.39, 0.29) is 12.1 Å². The fraction of sp³-hybridized carbons (Fsp3) is 0.727. The number of carbonyl (C=O) groups is 1. The smallest absolute Gasteiger partial charge is 0.338 e. The van der Waals surface area contributed by atoms with Crippen LogP contribution in [0.15, 0.2) is 42.5 Å². The molecule has 1 aromatic rings. The lowest BCUT2D eigenvalue weighted by Crippen LogP contribution is -2.54.